The van der Waals surface area contributed by atoms with Crippen LogP contribution in [0.4, 0.5) is 0 Å². The second kappa shape index (κ2) is 7.93. The number of aryl methyl sites for hydroxylation is 2. The summed E-state index contributed by atoms with van der Waals surface area (Å²) in [4.78, 5) is 21.5. The first-order valence-electron chi connectivity index (χ1n) is 9.45. The van der Waals surface area contributed by atoms with Gasteiger partial charge in [-0.3, -0.25) is 9.48 Å². The lowest BCUT2D eigenvalue weighted by Crippen LogP contribution is -2.33. The second-order valence-electron chi connectivity index (χ2n) is 7.13. The summed E-state index contributed by atoms with van der Waals surface area (Å²) >= 11 is 0. The zero-order valence-corrected chi connectivity index (χ0v) is 16.1. The van der Waals surface area contributed by atoms with Crippen molar-refractivity contribution in [2.24, 2.45) is 20.0 Å². The number of amides is 1. The minimum Gasteiger partial charge on any atom is -0.381 e. The van der Waals surface area contributed by atoms with E-state index in [0.29, 0.717) is 24.0 Å². The summed E-state index contributed by atoms with van der Waals surface area (Å²) in [6.07, 6.45) is 9.18. The Balaban J connectivity index is 1.46. The summed E-state index contributed by atoms with van der Waals surface area (Å²) in [7, 11) is 3.73. The topological polar surface area (TPSA) is 86.9 Å². The van der Waals surface area contributed by atoms with E-state index >= 15 is 0 Å². The normalized spacial score (nSPS) is 14.9. The van der Waals surface area contributed by atoms with Crippen LogP contribution in [0.1, 0.15) is 23.3 Å². The molecule has 8 heteroatoms. The number of hydrogen-bond acceptors (Lipinski definition) is 5. The molecule has 8 nitrogen and oxygen atoms in total. The summed E-state index contributed by atoms with van der Waals surface area (Å²) in [5.41, 5.74) is 3.26. The van der Waals surface area contributed by atoms with Crippen molar-refractivity contribution in [3.63, 3.8) is 0 Å². The molecule has 0 aromatic carbocycles. The first-order chi connectivity index (χ1) is 13.6. The Bertz CT molecular complexity index is 953. The van der Waals surface area contributed by atoms with Crippen molar-refractivity contribution in [2.75, 3.05) is 19.8 Å². The molecule has 3 aromatic heterocycles. The van der Waals surface area contributed by atoms with Gasteiger partial charge in [-0.2, -0.15) is 5.10 Å². The largest absolute Gasteiger partial charge is 0.381 e. The molecule has 1 N–H and O–H groups in total. The Kier molecular flexibility index (Phi) is 5.21. The maximum atomic E-state index is 12.6. The smallest absolute Gasteiger partial charge is 0.267 e. The average Bonchev–Trinajstić information content (AvgIpc) is 3.33. The van der Waals surface area contributed by atoms with E-state index in [9.17, 15) is 4.79 Å². The predicted octanol–water partition coefficient (Wildman–Crippen LogP) is 2.04. The average molecular weight is 380 g/mol. The van der Waals surface area contributed by atoms with Gasteiger partial charge in [0.1, 0.15) is 11.4 Å². The number of carbonyl (C=O) groups is 1. The molecule has 1 aliphatic heterocycles. The molecule has 1 amide bonds. The Morgan fingerprint density at radius 3 is 2.64 bits per heavy atom. The number of carbonyl (C=O) groups excluding carboxylic acids is 1. The minimum atomic E-state index is -0.0623. The molecule has 0 radical (unpaired) electrons. The third-order valence-corrected chi connectivity index (χ3v) is 5.16. The van der Waals surface area contributed by atoms with Gasteiger partial charge in [-0.1, -0.05) is 0 Å². The molecule has 0 saturated carbocycles. The van der Waals surface area contributed by atoms with E-state index in [4.69, 9.17) is 4.74 Å². The molecule has 1 fully saturated rings. The highest BCUT2D eigenvalue weighted by Crippen LogP contribution is 2.22. The van der Waals surface area contributed by atoms with Gasteiger partial charge in [0, 0.05) is 69.8 Å². The molecule has 1 aliphatic rings. The van der Waals surface area contributed by atoms with Crippen LogP contribution in [-0.2, 0) is 18.8 Å². The number of aromatic nitrogens is 5. The molecule has 0 spiro atoms. The van der Waals surface area contributed by atoms with Crippen LogP contribution in [0.25, 0.3) is 22.6 Å². The molecule has 1 saturated heterocycles. The maximum Gasteiger partial charge on any atom is 0.267 e. The monoisotopic (exact) mass is 380 g/mol. The van der Waals surface area contributed by atoms with E-state index in [0.717, 1.165) is 42.9 Å². The molecule has 0 atom stereocenters. The van der Waals surface area contributed by atoms with Gasteiger partial charge in [-0.15, -0.1) is 0 Å². The Morgan fingerprint density at radius 2 is 1.96 bits per heavy atom. The van der Waals surface area contributed by atoms with Crippen LogP contribution in [-0.4, -0.2) is 50.0 Å². The molecule has 0 bridgehead atoms. The van der Waals surface area contributed by atoms with E-state index in [2.05, 4.69) is 20.4 Å². The fourth-order valence-electron chi connectivity index (χ4n) is 3.43. The van der Waals surface area contributed by atoms with Crippen LogP contribution in [0.5, 0.6) is 0 Å². The van der Waals surface area contributed by atoms with E-state index in [1.54, 1.807) is 23.3 Å². The van der Waals surface area contributed by atoms with Crippen LogP contribution in [0.2, 0.25) is 0 Å². The molecule has 28 heavy (non-hydrogen) atoms. The van der Waals surface area contributed by atoms with Crippen LogP contribution in [0.15, 0.2) is 36.9 Å². The molecule has 0 aliphatic carbocycles. The van der Waals surface area contributed by atoms with Gasteiger partial charge in [-0.05, 0) is 30.9 Å². The fraction of sp³-hybridized carbons (Fsp3) is 0.400. The van der Waals surface area contributed by atoms with Crippen molar-refractivity contribution >= 4 is 5.91 Å². The van der Waals surface area contributed by atoms with Crippen LogP contribution >= 0.6 is 0 Å². The van der Waals surface area contributed by atoms with Gasteiger partial charge in [0.05, 0.1) is 0 Å². The van der Waals surface area contributed by atoms with Crippen molar-refractivity contribution in [1.29, 1.82) is 0 Å². The summed E-state index contributed by atoms with van der Waals surface area (Å²) in [5, 5.41) is 7.19. The first-order valence-corrected chi connectivity index (χ1v) is 9.45. The van der Waals surface area contributed by atoms with Gasteiger partial charge in [0.2, 0.25) is 0 Å². The highest BCUT2D eigenvalue weighted by molar-refractivity contribution is 5.94. The highest BCUT2D eigenvalue weighted by Gasteiger charge is 2.17. The lowest BCUT2D eigenvalue weighted by molar-refractivity contribution is 0.0641. The van der Waals surface area contributed by atoms with Gasteiger partial charge >= 0.3 is 0 Å². The quantitative estimate of drug-likeness (QED) is 0.732. The van der Waals surface area contributed by atoms with E-state index < -0.39 is 0 Å². The molecule has 0 unspecified atom stereocenters. The van der Waals surface area contributed by atoms with Crippen molar-refractivity contribution < 1.29 is 9.53 Å². The lowest BCUT2D eigenvalue weighted by atomic mass is 10.0. The highest BCUT2D eigenvalue weighted by atomic mass is 16.5. The second-order valence-corrected chi connectivity index (χ2v) is 7.13. The van der Waals surface area contributed by atoms with Crippen LogP contribution in [0, 0.1) is 5.92 Å². The third kappa shape index (κ3) is 3.82. The fourth-order valence-corrected chi connectivity index (χ4v) is 3.43. The van der Waals surface area contributed by atoms with E-state index in [1.807, 2.05) is 37.0 Å². The molecular weight excluding hydrogens is 356 g/mol. The van der Waals surface area contributed by atoms with Gasteiger partial charge in [0.15, 0.2) is 5.82 Å². The summed E-state index contributed by atoms with van der Waals surface area (Å²) in [6.45, 7) is 2.25. The zero-order chi connectivity index (χ0) is 19.5. The number of hydrogen-bond donors (Lipinski definition) is 1. The number of nitrogens with one attached hydrogen (secondary N) is 1. The maximum absolute atomic E-state index is 12.6. The van der Waals surface area contributed by atoms with Crippen molar-refractivity contribution in [3.8, 4) is 22.6 Å². The van der Waals surface area contributed by atoms with Crippen LogP contribution < -0.4 is 5.32 Å². The number of ether oxygens (including phenoxy) is 1. The molecule has 4 rings (SSSR count). The zero-order valence-electron chi connectivity index (χ0n) is 16.1. The van der Waals surface area contributed by atoms with Gasteiger partial charge in [0.25, 0.3) is 5.91 Å². The van der Waals surface area contributed by atoms with E-state index in [1.165, 1.54) is 0 Å². The van der Waals surface area contributed by atoms with Gasteiger partial charge in [-0.25, -0.2) is 9.97 Å². The summed E-state index contributed by atoms with van der Waals surface area (Å²) < 4.78 is 8.94. The molecule has 146 valence electrons. The standard InChI is InChI=1S/C20H24N6O2/c1-25-13-15(9-18(25)20(27)23-10-14-4-7-28-8-5-14)16-11-21-19(22-12-16)17-3-6-24-26(17)2/h3,6,9,11-14H,4-5,7-8,10H2,1-2H3,(H,23,27). The SMILES string of the molecule is Cn1cc(-c2cnc(-c3ccnn3C)nc2)cc1C(=O)NCC1CCOCC1. The molecule has 4 heterocycles. The molecule has 3 aromatic rings. The third-order valence-electron chi connectivity index (χ3n) is 5.16. The lowest BCUT2D eigenvalue weighted by Gasteiger charge is -2.22. The predicted molar refractivity (Wildman–Crippen MR) is 105 cm³/mol. The minimum absolute atomic E-state index is 0.0623. The number of nitrogens with zero attached hydrogens (tertiary/aromatic N) is 5. The van der Waals surface area contributed by atoms with Crippen molar-refractivity contribution in [3.05, 3.63) is 42.6 Å². The summed E-state index contributed by atoms with van der Waals surface area (Å²) in [6, 6.07) is 3.75. The Morgan fingerprint density at radius 1 is 1.21 bits per heavy atom. The first kappa shape index (κ1) is 18.4. The summed E-state index contributed by atoms with van der Waals surface area (Å²) in [5.74, 6) is 1.05. The Hall–Kier alpha value is -3.00. The van der Waals surface area contributed by atoms with Crippen molar-refractivity contribution in [1.82, 2.24) is 29.6 Å². The van der Waals surface area contributed by atoms with Crippen molar-refractivity contribution in [2.45, 2.75) is 12.8 Å². The Labute approximate surface area is 163 Å². The molecular formula is C20H24N6O2. The van der Waals surface area contributed by atoms with E-state index in [-0.39, 0.29) is 5.91 Å². The van der Waals surface area contributed by atoms with Gasteiger partial charge < -0.3 is 14.6 Å². The number of rotatable bonds is 5. The van der Waals surface area contributed by atoms with Crippen LogP contribution in [0.3, 0.4) is 0 Å².